The Labute approximate surface area is 226 Å². The number of amides is 1. The molecule has 214 valence electrons. The lowest BCUT2D eigenvalue weighted by molar-refractivity contribution is -0.138. The van der Waals surface area contributed by atoms with E-state index in [4.69, 9.17) is 0 Å². The summed E-state index contributed by atoms with van der Waals surface area (Å²) in [5.74, 6) is -3.23. The van der Waals surface area contributed by atoms with Gasteiger partial charge in [-0.05, 0) is 20.9 Å². The molecule has 1 aliphatic heterocycles. The van der Waals surface area contributed by atoms with E-state index in [-0.39, 0.29) is 35.3 Å². The van der Waals surface area contributed by atoms with Gasteiger partial charge < -0.3 is 20.1 Å². The van der Waals surface area contributed by atoms with E-state index in [0.717, 1.165) is 6.07 Å². The van der Waals surface area contributed by atoms with E-state index in [1.54, 1.807) is 23.9 Å². The first-order valence-corrected chi connectivity index (χ1v) is 12.3. The topological polar surface area (TPSA) is 97.5 Å². The molecule has 0 bridgehead atoms. The zero-order chi connectivity index (χ0) is 29.5. The summed E-state index contributed by atoms with van der Waals surface area (Å²) in [6.45, 7) is 4.49. The fourth-order valence-electron chi connectivity index (χ4n) is 4.60. The van der Waals surface area contributed by atoms with Crippen molar-refractivity contribution in [2.24, 2.45) is 0 Å². The van der Waals surface area contributed by atoms with E-state index in [2.05, 4.69) is 20.2 Å². The Morgan fingerprint density at radius 1 is 1.10 bits per heavy atom. The van der Waals surface area contributed by atoms with Crippen molar-refractivity contribution in [3.05, 3.63) is 63.8 Å². The molecule has 1 fully saturated rings. The minimum atomic E-state index is -5.04. The molecule has 0 aliphatic carbocycles. The number of pyridine rings is 1. The van der Waals surface area contributed by atoms with E-state index in [9.17, 15) is 22.8 Å². The molecule has 2 unspecified atom stereocenters. The maximum atomic E-state index is 16.2. The number of aromatic nitrogens is 3. The largest absolute Gasteiger partial charge is 0.417 e. The van der Waals surface area contributed by atoms with E-state index in [1.165, 1.54) is 12.4 Å². The lowest BCUT2D eigenvalue weighted by atomic mass is 10.0. The Bertz CT molecular complexity index is 1460. The smallest absolute Gasteiger partial charge is 0.367 e. The van der Waals surface area contributed by atoms with Gasteiger partial charge in [0.2, 0.25) is 11.5 Å². The number of carbonyl (C=O) groups is 1. The highest BCUT2D eigenvalue weighted by atomic mass is 19.4. The second-order valence-electron chi connectivity index (χ2n) is 9.95. The minimum Gasteiger partial charge on any atom is -0.367 e. The highest BCUT2D eigenvalue weighted by Crippen LogP contribution is 2.40. The molecule has 2 atom stereocenters. The van der Waals surface area contributed by atoms with Crippen molar-refractivity contribution < 1.29 is 26.7 Å². The van der Waals surface area contributed by atoms with Gasteiger partial charge in [-0.1, -0.05) is 0 Å². The van der Waals surface area contributed by atoms with Crippen molar-refractivity contribution in [1.29, 1.82) is 0 Å². The number of nitrogens with zero attached hydrogens (tertiary/aromatic N) is 5. The predicted octanol–water partition coefficient (Wildman–Crippen LogP) is 3.98. The summed E-state index contributed by atoms with van der Waals surface area (Å²) in [5, 5.41) is 2.23. The van der Waals surface area contributed by atoms with Gasteiger partial charge in [0, 0.05) is 75.6 Å². The number of nitrogens with one attached hydrogen (secondary N) is 2. The van der Waals surface area contributed by atoms with Crippen molar-refractivity contribution >= 4 is 23.2 Å². The van der Waals surface area contributed by atoms with E-state index in [0.29, 0.717) is 19.3 Å². The molecule has 1 aliphatic rings. The summed E-state index contributed by atoms with van der Waals surface area (Å²) < 4.78 is 72.7. The maximum absolute atomic E-state index is 16.2. The number of benzene rings is 1. The molecule has 3 aromatic rings. The average Bonchev–Trinajstić information content (AvgIpc) is 2.88. The number of hydrogen-bond donors (Lipinski definition) is 2. The summed E-state index contributed by atoms with van der Waals surface area (Å²) in [7, 11) is 5.27. The van der Waals surface area contributed by atoms with E-state index < -0.39 is 51.7 Å². The second kappa shape index (κ2) is 10.8. The number of alkyl halides is 3. The van der Waals surface area contributed by atoms with Crippen LogP contribution in [0.1, 0.15) is 29.8 Å². The number of halogens is 5. The Morgan fingerprint density at radius 2 is 1.70 bits per heavy atom. The molecule has 0 spiro atoms. The zero-order valence-corrected chi connectivity index (χ0v) is 22.4. The Morgan fingerprint density at radius 3 is 2.25 bits per heavy atom. The van der Waals surface area contributed by atoms with Gasteiger partial charge >= 0.3 is 6.18 Å². The molecule has 9 nitrogen and oxygen atoms in total. The van der Waals surface area contributed by atoms with Crippen molar-refractivity contribution in [1.82, 2.24) is 19.9 Å². The molecule has 2 N–H and O–H groups in total. The van der Waals surface area contributed by atoms with Crippen molar-refractivity contribution in [2.75, 3.05) is 49.3 Å². The third-order valence-electron chi connectivity index (χ3n) is 6.94. The normalized spacial score (nSPS) is 18.1. The lowest BCUT2D eigenvalue weighted by Gasteiger charge is -2.44. The number of hydrogen-bond acceptors (Lipinski definition) is 7. The highest BCUT2D eigenvalue weighted by molar-refractivity contribution is 6.07. The van der Waals surface area contributed by atoms with Gasteiger partial charge in [0.25, 0.3) is 5.91 Å². The van der Waals surface area contributed by atoms with Crippen molar-refractivity contribution in [3.8, 4) is 11.1 Å². The van der Waals surface area contributed by atoms with E-state index in [1.807, 2.05) is 25.9 Å². The monoisotopic (exact) mass is 565 g/mol. The number of likely N-dealkylation sites (N-methyl/N-ethyl adjacent to an activating group) is 1. The first kappa shape index (κ1) is 28.9. The fourth-order valence-corrected chi connectivity index (χ4v) is 4.60. The molecule has 3 heterocycles. The first-order chi connectivity index (χ1) is 18.7. The molecule has 14 heteroatoms. The van der Waals surface area contributed by atoms with Gasteiger partial charge in [-0.25, -0.2) is 18.7 Å². The first-order valence-electron chi connectivity index (χ1n) is 12.3. The molecule has 1 aromatic carbocycles. The number of anilines is 3. The van der Waals surface area contributed by atoms with Crippen molar-refractivity contribution in [2.45, 2.75) is 32.1 Å². The molecule has 2 aromatic heterocycles. The van der Waals surface area contributed by atoms with Crippen LogP contribution in [0.3, 0.4) is 0 Å². The number of carbonyl (C=O) groups excluding carboxylic acids is 1. The van der Waals surface area contributed by atoms with Crippen LogP contribution in [0.4, 0.5) is 39.3 Å². The van der Waals surface area contributed by atoms with Gasteiger partial charge in [0.1, 0.15) is 11.5 Å². The van der Waals surface area contributed by atoms with Crippen LogP contribution in [0.25, 0.3) is 11.1 Å². The van der Waals surface area contributed by atoms with Crippen LogP contribution in [-0.2, 0) is 6.18 Å². The Balaban J connectivity index is 1.87. The Hall–Kier alpha value is -4.07. The third kappa shape index (κ3) is 5.62. The SMILES string of the molecule is CC1CN(c2cc(F)c(-c3cnc(N(C)C)nc3)c(F)c2NC(=O)c2c[nH]c(=O)cc2C(F)(F)F)CC(C)N1C. The van der Waals surface area contributed by atoms with Crippen LogP contribution in [0.2, 0.25) is 0 Å². The van der Waals surface area contributed by atoms with Crippen LogP contribution >= 0.6 is 0 Å². The predicted molar refractivity (Wildman–Crippen MR) is 141 cm³/mol. The standard InChI is InChI=1S/C26H28F5N7O2/c1-13-11-38(12-14(2)37(13)5)19-7-18(27)21(15-8-33-25(34-9-15)36(3)4)22(28)23(19)35-24(40)16-10-32-20(39)6-17(16)26(29,30)31/h6-10,13-14H,11-12H2,1-5H3,(H,32,39)(H,35,40). The molecule has 4 rings (SSSR count). The lowest BCUT2D eigenvalue weighted by Crippen LogP contribution is -2.55. The summed E-state index contributed by atoms with van der Waals surface area (Å²) in [4.78, 5) is 40.3. The number of aromatic amines is 1. The van der Waals surface area contributed by atoms with E-state index >= 15 is 8.78 Å². The van der Waals surface area contributed by atoms with Crippen molar-refractivity contribution in [3.63, 3.8) is 0 Å². The van der Waals surface area contributed by atoms with Crippen LogP contribution in [0.5, 0.6) is 0 Å². The zero-order valence-electron chi connectivity index (χ0n) is 22.4. The summed E-state index contributed by atoms with van der Waals surface area (Å²) in [5.41, 5.74) is -4.64. The maximum Gasteiger partial charge on any atom is 0.417 e. The molecule has 40 heavy (non-hydrogen) atoms. The number of piperazine rings is 1. The fraction of sp³-hybridized carbons (Fsp3) is 0.385. The molecular formula is C26H28F5N7O2. The van der Waals surface area contributed by atoms with Gasteiger partial charge in [0.15, 0.2) is 5.82 Å². The molecular weight excluding hydrogens is 537 g/mol. The van der Waals surface area contributed by atoms with Crippen LogP contribution < -0.4 is 20.7 Å². The van der Waals surface area contributed by atoms with Gasteiger partial charge in [-0.15, -0.1) is 0 Å². The van der Waals surface area contributed by atoms with Gasteiger partial charge in [-0.2, -0.15) is 13.2 Å². The average molecular weight is 566 g/mol. The molecule has 1 amide bonds. The minimum absolute atomic E-state index is 0.0391. The number of rotatable bonds is 5. The quantitative estimate of drug-likeness (QED) is 0.452. The van der Waals surface area contributed by atoms with Crippen LogP contribution in [0.15, 0.2) is 35.5 Å². The summed E-state index contributed by atoms with van der Waals surface area (Å²) >= 11 is 0. The molecule has 0 saturated carbocycles. The van der Waals surface area contributed by atoms with Crippen LogP contribution in [-0.4, -0.2) is 72.1 Å². The highest BCUT2D eigenvalue weighted by Gasteiger charge is 2.37. The number of H-pyrrole nitrogens is 1. The Kier molecular flexibility index (Phi) is 7.83. The summed E-state index contributed by atoms with van der Waals surface area (Å²) in [6.07, 6.45) is -2.02. The molecule has 1 saturated heterocycles. The van der Waals surface area contributed by atoms with Gasteiger partial charge in [-0.3, -0.25) is 14.5 Å². The third-order valence-corrected chi connectivity index (χ3v) is 6.94. The summed E-state index contributed by atoms with van der Waals surface area (Å²) in [6, 6.07) is 1.20. The molecule has 0 radical (unpaired) electrons. The van der Waals surface area contributed by atoms with Crippen LogP contribution in [0, 0.1) is 11.6 Å². The second-order valence-corrected chi connectivity index (χ2v) is 9.95. The van der Waals surface area contributed by atoms with Gasteiger partial charge in [0.05, 0.1) is 22.4 Å².